The number of anilines is 1. The van der Waals surface area contributed by atoms with Gasteiger partial charge in [-0.25, -0.2) is 12.8 Å². The summed E-state index contributed by atoms with van der Waals surface area (Å²) in [4.78, 5) is -0.203. The summed E-state index contributed by atoms with van der Waals surface area (Å²) in [5.74, 6) is -0.734. The summed E-state index contributed by atoms with van der Waals surface area (Å²) in [7, 11) is -3.79. The molecule has 0 amide bonds. The van der Waals surface area contributed by atoms with Crippen molar-refractivity contribution in [3.63, 3.8) is 0 Å². The lowest BCUT2D eigenvalue weighted by Crippen LogP contribution is -2.32. The first-order valence-electron chi connectivity index (χ1n) is 5.49. The first-order chi connectivity index (χ1) is 8.30. The molecular weight excluding hydrogens is 255 g/mol. The first-order valence-corrected chi connectivity index (χ1v) is 6.93. The molecule has 0 heterocycles. The zero-order valence-electron chi connectivity index (χ0n) is 10.5. The summed E-state index contributed by atoms with van der Waals surface area (Å²) in [5.41, 5.74) is 5.84. The Bertz CT molecular complexity index is 555. The molecule has 0 aliphatic rings. The fraction of sp³-hybridized carbons (Fsp3) is 0.333. The number of para-hydroxylation sites is 1. The summed E-state index contributed by atoms with van der Waals surface area (Å²) in [6.07, 6.45) is 0. The Labute approximate surface area is 107 Å². The van der Waals surface area contributed by atoms with Crippen LogP contribution in [-0.2, 0) is 10.0 Å². The van der Waals surface area contributed by atoms with E-state index >= 15 is 0 Å². The third kappa shape index (κ3) is 2.88. The zero-order chi connectivity index (χ0) is 13.9. The number of rotatable bonds is 5. The highest BCUT2D eigenvalue weighted by molar-refractivity contribution is 7.89. The number of nitrogens with zero attached hydrogens (tertiary/aromatic N) is 1. The molecule has 0 radical (unpaired) electrons. The predicted octanol–water partition coefficient (Wildman–Crippen LogP) is 1.99. The van der Waals surface area contributed by atoms with Gasteiger partial charge in [-0.15, -0.1) is 0 Å². The highest BCUT2D eigenvalue weighted by atomic mass is 32.2. The molecule has 0 aliphatic carbocycles. The Balaban J connectivity index is 3.27. The quantitative estimate of drug-likeness (QED) is 0.658. The Morgan fingerprint density at radius 2 is 2.11 bits per heavy atom. The second kappa shape index (κ2) is 5.49. The van der Waals surface area contributed by atoms with Crippen LogP contribution in [0.5, 0.6) is 0 Å². The van der Waals surface area contributed by atoms with Crippen LogP contribution in [0.25, 0.3) is 0 Å². The number of halogens is 1. The van der Waals surface area contributed by atoms with Gasteiger partial charge < -0.3 is 5.73 Å². The van der Waals surface area contributed by atoms with Crippen LogP contribution in [-0.4, -0.2) is 25.8 Å². The van der Waals surface area contributed by atoms with Crippen LogP contribution in [0.15, 0.2) is 35.2 Å². The molecule has 0 fully saturated rings. The van der Waals surface area contributed by atoms with Crippen molar-refractivity contribution in [1.29, 1.82) is 0 Å². The second-order valence-electron chi connectivity index (χ2n) is 4.04. The minimum Gasteiger partial charge on any atom is -0.395 e. The number of hydrogen-bond acceptors (Lipinski definition) is 3. The highest BCUT2D eigenvalue weighted by Gasteiger charge is 2.26. The van der Waals surface area contributed by atoms with Crippen LogP contribution < -0.4 is 5.73 Å². The van der Waals surface area contributed by atoms with Gasteiger partial charge in [0.2, 0.25) is 10.0 Å². The fourth-order valence-electron chi connectivity index (χ4n) is 1.55. The van der Waals surface area contributed by atoms with Crippen molar-refractivity contribution in [3.8, 4) is 0 Å². The van der Waals surface area contributed by atoms with Crippen molar-refractivity contribution < 1.29 is 12.8 Å². The summed E-state index contributed by atoms with van der Waals surface area (Å²) in [6.45, 7) is 7.57. The Morgan fingerprint density at radius 3 is 2.61 bits per heavy atom. The molecule has 0 saturated heterocycles. The number of sulfonamides is 1. The van der Waals surface area contributed by atoms with Crippen LogP contribution in [0.3, 0.4) is 0 Å². The minimum atomic E-state index is -3.79. The Hall–Kier alpha value is -1.40. The van der Waals surface area contributed by atoms with Crippen LogP contribution in [0.4, 0.5) is 10.1 Å². The van der Waals surface area contributed by atoms with Gasteiger partial charge >= 0.3 is 0 Å². The van der Waals surface area contributed by atoms with Crippen molar-refractivity contribution in [2.24, 2.45) is 0 Å². The van der Waals surface area contributed by atoms with Crippen LogP contribution in [0, 0.1) is 5.82 Å². The fourth-order valence-corrected chi connectivity index (χ4v) is 3.18. The third-order valence-electron chi connectivity index (χ3n) is 2.43. The molecule has 0 saturated carbocycles. The lowest BCUT2D eigenvalue weighted by molar-refractivity contribution is 0.452. The minimum absolute atomic E-state index is 0.189. The van der Waals surface area contributed by atoms with Crippen molar-refractivity contribution in [2.75, 3.05) is 18.8 Å². The van der Waals surface area contributed by atoms with E-state index in [-0.39, 0.29) is 23.7 Å². The van der Waals surface area contributed by atoms with Gasteiger partial charge in [-0.05, 0) is 19.1 Å². The third-order valence-corrected chi connectivity index (χ3v) is 4.41. The topological polar surface area (TPSA) is 63.4 Å². The summed E-state index contributed by atoms with van der Waals surface area (Å²) in [5, 5.41) is 0. The number of hydrogen-bond donors (Lipinski definition) is 1. The lowest BCUT2D eigenvalue weighted by Gasteiger charge is -2.21. The average molecular weight is 272 g/mol. The van der Waals surface area contributed by atoms with Gasteiger partial charge in [-0.1, -0.05) is 25.1 Å². The maximum absolute atomic E-state index is 13.3. The normalized spacial score (nSPS) is 11.8. The lowest BCUT2D eigenvalue weighted by atomic mass is 10.3. The molecule has 1 rings (SSSR count). The standard InChI is InChI=1S/C12H17FN2O2S/c1-4-15(8-9(2)3)18(16,17)11-7-5-6-10(13)12(11)14/h5-7H,2,4,8,14H2,1,3H3. The van der Waals surface area contributed by atoms with E-state index in [1.54, 1.807) is 13.8 Å². The molecule has 4 nitrogen and oxygen atoms in total. The SMILES string of the molecule is C=C(C)CN(CC)S(=O)(=O)c1cccc(F)c1N. The average Bonchev–Trinajstić information content (AvgIpc) is 2.28. The van der Waals surface area contributed by atoms with Crippen LogP contribution >= 0.6 is 0 Å². The van der Waals surface area contributed by atoms with E-state index in [9.17, 15) is 12.8 Å². The van der Waals surface area contributed by atoms with E-state index in [1.807, 2.05) is 0 Å². The van der Waals surface area contributed by atoms with E-state index in [0.717, 1.165) is 6.07 Å². The van der Waals surface area contributed by atoms with Crippen molar-refractivity contribution in [3.05, 3.63) is 36.2 Å². The van der Waals surface area contributed by atoms with Crippen molar-refractivity contribution in [2.45, 2.75) is 18.7 Å². The number of nitrogen functional groups attached to an aromatic ring is 1. The van der Waals surface area contributed by atoms with E-state index < -0.39 is 15.8 Å². The van der Waals surface area contributed by atoms with Gasteiger partial charge in [0.1, 0.15) is 10.7 Å². The van der Waals surface area contributed by atoms with E-state index in [0.29, 0.717) is 5.57 Å². The summed E-state index contributed by atoms with van der Waals surface area (Å²) in [6, 6.07) is 3.76. The van der Waals surface area contributed by atoms with Gasteiger partial charge in [0.15, 0.2) is 0 Å². The molecule has 0 atom stereocenters. The molecule has 2 N–H and O–H groups in total. The summed E-state index contributed by atoms with van der Waals surface area (Å²) < 4.78 is 39.1. The molecule has 100 valence electrons. The molecular formula is C12H17FN2O2S. The molecule has 0 unspecified atom stereocenters. The highest BCUT2D eigenvalue weighted by Crippen LogP contribution is 2.24. The van der Waals surface area contributed by atoms with Gasteiger partial charge in [0.05, 0.1) is 5.69 Å². The van der Waals surface area contributed by atoms with Crippen LogP contribution in [0.1, 0.15) is 13.8 Å². The maximum Gasteiger partial charge on any atom is 0.245 e. The van der Waals surface area contributed by atoms with Gasteiger partial charge in [-0.3, -0.25) is 0 Å². The van der Waals surface area contributed by atoms with E-state index in [2.05, 4.69) is 6.58 Å². The molecule has 1 aromatic carbocycles. The summed E-state index contributed by atoms with van der Waals surface area (Å²) >= 11 is 0. The molecule has 6 heteroatoms. The predicted molar refractivity (Wildman–Crippen MR) is 70.1 cm³/mol. The smallest absolute Gasteiger partial charge is 0.245 e. The van der Waals surface area contributed by atoms with E-state index in [1.165, 1.54) is 16.4 Å². The molecule has 18 heavy (non-hydrogen) atoms. The Kier molecular flexibility index (Phi) is 4.48. The first kappa shape index (κ1) is 14.7. The monoisotopic (exact) mass is 272 g/mol. The van der Waals surface area contributed by atoms with Gasteiger partial charge in [-0.2, -0.15) is 4.31 Å². The second-order valence-corrected chi connectivity index (χ2v) is 5.95. The number of benzene rings is 1. The largest absolute Gasteiger partial charge is 0.395 e. The van der Waals surface area contributed by atoms with E-state index in [4.69, 9.17) is 5.73 Å². The van der Waals surface area contributed by atoms with Gasteiger partial charge in [0, 0.05) is 13.1 Å². The molecule has 0 bridgehead atoms. The molecule has 0 aromatic heterocycles. The zero-order valence-corrected chi connectivity index (χ0v) is 11.3. The number of likely N-dealkylation sites (N-methyl/N-ethyl adjacent to an activating group) is 1. The van der Waals surface area contributed by atoms with Crippen LogP contribution in [0.2, 0.25) is 0 Å². The molecule has 0 aliphatic heterocycles. The van der Waals surface area contributed by atoms with Crippen molar-refractivity contribution in [1.82, 2.24) is 4.31 Å². The molecule has 1 aromatic rings. The van der Waals surface area contributed by atoms with Crippen molar-refractivity contribution >= 4 is 15.7 Å². The number of nitrogens with two attached hydrogens (primary N) is 1. The Morgan fingerprint density at radius 1 is 1.50 bits per heavy atom. The maximum atomic E-state index is 13.3. The molecule has 0 spiro atoms. The van der Waals surface area contributed by atoms with Gasteiger partial charge in [0.25, 0.3) is 0 Å².